The van der Waals surface area contributed by atoms with Crippen molar-refractivity contribution < 1.29 is 19.1 Å². The average molecular weight is 375 g/mol. The minimum absolute atomic E-state index is 0.0347. The smallest absolute Gasteiger partial charge is 0.302 e. The van der Waals surface area contributed by atoms with Gasteiger partial charge in [0, 0.05) is 18.3 Å². The monoisotopic (exact) mass is 374 g/mol. The largest absolute Gasteiger partial charge is 0.463 e. The van der Waals surface area contributed by atoms with Crippen LogP contribution in [0.1, 0.15) is 79.1 Å². The number of carbonyl (C=O) groups excluding carboxylic acids is 2. The number of rotatable bonds is 2. The quantitative estimate of drug-likeness (QED) is 0.534. The van der Waals surface area contributed by atoms with Crippen LogP contribution in [0.4, 0.5) is 0 Å². The minimum atomic E-state index is -0.148. The minimum Gasteiger partial charge on any atom is -0.463 e. The molecule has 0 aromatic rings. The Morgan fingerprint density at radius 3 is 2.44 bits per heavy atom. The van der Waals surface area contributed by atoms with E-state index in [0.29, 0.717) is 29.6 Å². The molecular formula is C23H34O4. The van der Waals surface area contributed by atoms with Crippen LogP contribution in [0.25, 0.3) is 0 Å². The topological polar surface area (TPSA) is 55.9 Å². The zero-order valence-corrected chi connectivity index (χ0v) is 17.3. The van der Waals surface area contributed by atoms with Gasteiger partial charge in [-0.2, -0.15) is 0 Å². The van der Waals surface area contributed by atoms with Crippen LogP contribution in [0.3, 0.4) is 0 Å². The van der Waals surface area contributed by atoms with Crippen molar-refractivity contribution in [2.45, 2.75) is 96.9 Å². The highest BCUT2D eigenvalue weighted by molar-refractivity contribution is 5.79. The Labute approximate surface area is 162 Å². The van der Waals surface area contributed by atoms with Crippen molar-refractivity contribution in [2.75, 3.05) is 0 Å². The molecule has 4 heteroatoms. The van der Waals surface area contributed by atoms with Gasteiger partial charge in [-0.15, -0.1) is 0 Å². The van der Waals surface area contributed by atoms with Gasteiger partial charge >= 0.3 is 5.97 Å². The summed E-state index contributed by atoms with van der Waals surface area (Å²) in [5.74, 6) is 2.30. The van der Waals surface area contributed by atoms with Crippen molar-refractivity contribution in [2.24, 2.45) is 34.5 Å². The first-order valence-electron chi connectivity index (χ1n) is 11.1. The molecule has 0 aromatic carbocycles. The van der Waals surface area contributed by atoms with Crippen molar-refractivity contribution in [3.8, 4) is 0 Å². The van der Waals surface area contributed by atoms with Crippen molar-refractivity contribution in [1.82, 2.24) is 0 Å². The van der Waals surface area contributed by atoms with E-state index < -0.39 is 0 Å². The molecule has 1 heterocycles. The molecule has 5 fully saturated rings. The highest BCUT2D eigenvalue weighted by Crippen LogP contribution is 2.76. The van der Waals surface area contributed by atoms with Crippen molar-refractivity contribution in [3.63, 3.8) is 0 Å². The van der Waals surface area contributed by atoms with E-state index in [4.69, 9.17) is 9.47 Å². The van der Waals surface area contributed by atoms with Gasteiger partial charge in [0.05, 0.1) is 6.10 Å². The van der Waals surface area contributed by atoms with Gasteiger partial charge in [-0.3, -0.25) is 9.59 Å². The Balaban J connectivity index is 1.43. The number of ether oxygens (including phenoxy) is 2. The summed E-state index contributed by atoms with van der Waals surface area (Å²) in [6, 6.07) is 0. The second kappa shape index (κ2) is 5.58. The highest BCUT2D eigenvalue weighted by Gasteiger charge is 2.79. The third kappa shape index (κ3) is 2.20. The number of Topliss-reactive ketones (excluding diaryl/α,β-unsaturated/α-hetero) is 1. The Bertz CT molecular complexity index is 688. The summed E-state index contributed by atoms with van der Waals surface area (Å²) < 4.78 is 12.2. The maximum atomic E-state index is 12.3. The lowest BCUT2D eigenvalue weighted by Crippen LogP contribution is -2.60. The number of fused-ring (bicyclic) bond motifs is 3. The van der Waals surface area contributed by atoms with Gasteiger partial charge in [-0.1, -0.05) is 13.8 Å². The Morgan fingerprint density at radius 1 is 1.00 bits per heavy atom. The van der Waals surface area contributed by atoms with Crippen LogP contribution in [0.5, 0.6) is 0 Å². The zero-order valence-electron chi connectivity index (χ0n) is 17.3. The lowest BCUT2D eigenvalue weighted by atomic mass is 9.44. The molecule has 0 radical (unpaired) electrons. The predicted molar refractivity (Wildman–Crippen MR) is 101 cm³/mol. The molecule has 0 N–H and O–H groups in total. The molecule has 2 unspecified atom stereocenters. The van der Waals surface area contributed by atoms with Crippen LogP contribution in [0, 0.1) is 34.5 Å². The van der Waals surface area contributed by atoms with Gasteiger partial charge in [0.1, 0.15) is 17.5 Å². The van der Waals surface area contributed by atoms with Gasteiger partial charge in [-0.05, 0) is 81.5 Å². The lowest BCUT2D eigenvalue weighted by Gasteiger charge is -2.59. The maximum Gasteiger partial charge on any atom is 0.302 e. The molecule has 4 saturated carbocycles. The van der Waals surface area contributed by atoms with E-state index in [1.165, 1.54) is 26.2 Å². The second-order valence-electron chi connectivity index (χ2n) is 10.8. The van der Waals surface area contributed by atoms with Crippen LogP contribution < -0.4 is 0 Å². The standard InChI is InChI=1S/C23H34O4/c1-13(24)17-7-8-18-19-6-5-15-11-16(26-14(2)25)9-10-22(15,4)23(19)20(27-23)12-21(17,18)3/h15-20H,5-12H2,1-4H3/t15-,16-,17+,18?,19?,20-,21+,22-,23+/m0/s1. The summed E-state index contributed by atoms with van der Waals surface area (Å²) >= 11 is 0. The fourth-order valence-corrected chi connectivity index (χ4v) is 8.68. The summed E-state index contributed by atoms with van der Waals surface area (Å²) in [6.45, 7) is 8.17. The van der Waals surface area contributed by atoms with Crippen LogP contribution in [0.2, 0.25) is 0 Å². The molecule has 1 saturated heterocycles. The molecule has 0 bridgehead atoms. The highest BCUT2D eigenvalue weighted by atomic mass is 16.6. The summed E-state index contributed by atoms with van der Waals surface area (Å²) in [5, 5.41) is 0. The van der Waals surface area contributed by atoms with Gasteiger partial charge in [0.2, 0.25) is 0 Å². The second-order valence-corrected chi connectivity index (χ2v) is 10.8. The molecule has 150 valence electrons. The fourth-order valence-electron chi connectivity index (χ4n) is 8.68. The summed E-state index contributed by atoms with van der Waals surface area (Å²) in [5.41, 5.74) is 0.374. The zero-order chi connectivity index (χ0) is 19.2. The van der Waals surface area contributed by atoms with Crippen LogP contribution in [-0.4, -0.2) is 29.6 Å². The number of carbonyl (C=O) groups is 2. The number of ketones is 1. The summed E-state index contributed by atoms with van der Waals surface area (Å²) in [7, 11) is 0. The molecule has 1 spiro atoms. The van der Waals surface area contributed by atoms with Crippen LogP contribution in [0.15, 0.2) is 0 Å². The van der Waals surface area contributed by atoms with E-state index in [1.807, 2.05) is 0 Å². The number of esters is 1. The molecule has 0 aromatic heterocycles. The number of hydrogen-bond donors (Lipinski definition) is 0. The molecular weight excluding hydrogens is 340 g/mol. The first-order valence-corrected chi connectivity index (χ1v) is 11.1. The summed E-state index contributed by atoms with van der Waals surface area (Å²) in [4.78, 5) is 23.7. The fraction of sp³-hybridized carbons (Fsp3) is 0.913. The molecule has 4 aliphatic carbocycles. The van der Waals surface area contributed by atoms with Crippen LogP contribution >= 0.6 is 0 Å². The normalized spacial score (nSPS) is 55.6. The van der Waals surface area contributed by atoms with E-state index in [1.54, 1.807) is 6.92 Å². The average Bonchev–Trinajstić information content (AvgIpc) is 3.19. The molecule has 0 amide bonds. The van der Waals surface area contributed by atoms with Gasteiger partial charge in [-0.25, -0.2) is 0 Å². The molecule has 5 aliphatic rings. The molecule has 4 nitrogen and oxygen atoms in total. The first-order chi connectivity index (χ1) is 12.7. The maximum absolute atomic E-state index is 12.3. The third-order valence-electron chi connectivity index (χ3n) is 9.81. The van der Waals surface area contributed by atoms with Gasteiger partial charge in [0.15, 0.2) is 0 Å². The van der Waals surface area contributed by atoms with Gasteiger partial charge < -0.3 is 9.47 Å². The van der Waals surface area contributed by atoms with Crippen molar-refractivity contribution in [3.05, 3.63) is 0 Å². The van der Waals surface area contributed by atoms with E-state index in [2.05, 4.69) is 13.8 Å². The molecule has 5 rings (SSSR count). The van der Waals surface area contributed by atoms with E-state index in [0.717, 1.165) is 32.1 Å². The Morgan fingerprint density at radius 2 is 1.74 bits per heavy atom. The molecule has 9 atom stereocenters. The molecule has 1 aliphatic heterocycles. The molecule has 27 heavy (non-hydrogen) atoms. The van der Waals surface area contributed by atoms with Crippen molar-refractivity contribution >= 4 is 11.8 Å². The predicted octanol–water partition coefficient (Wildman–Crippen LogP) is 4.30. The van der Waals surface area contributed by atoms with Crippen molar-refractivity contribution in [1.29, 1.82) is 0 Å². The Kier molecular flexibility index (Phi) is 3.75. The number of hydrogen-bond acceptors (Lipinski definition) is 4. The first kappa shape index (κ1) is 18.1. The summed E-state index contributed by atoms with van der Waals surface area (Å²) in [6.07, 6.45) is 9.26. The lowest BCUT2D eigenvalue weighted by molar-refractivity contribution is -0.159. The Hall–Kier alpha value is -0.900. The third-order valence-corrected chi connectivity index (χ3v) is 9.81. The van der Waals surface area contributed by atoms with E-state index in [-0.39, 0.29) is 34.4 Å². The SMILES string of the molecule is CC(=O)O[C@H]1CC[C@@]2(C)[C@@H](CCC3C4CC[C@H](C(C)=O)[C@@]4(C)C[C@@H]4O[C@]342)C1. The van der Waals surface area contributed by atoms with Gasteiger partial charge in [0.25, 0.3) is 0 Å². The van der Waals surface area contributed by atoms with E-state index >= 15 is 0 Å². The number of epoxide rings is 1. The van der Waals surface area contributed by atoms with E-state index in [9.17, 15) is 9.59 Å². The van der Waals surface area contributed by atoms with Crippen LogP contribution in [-0.2, 0) is 19.1 Å².